The van der Waals surface area contributed by atoms with Gasteiger partial charge in [0, 0.05) is 18.0 Å². The highest BCUT2D eigenvalue weighted by atomic mass is 32.1. The molecule has 1 rings (SSSR count). The Kier molecular flexibility index (Phi) is 5.49. The van der Waals surface area contributed by atoms with E-state index in [0.717, 1.165) is 24.4 Å². The first-order valence-corrected chi connectivity index (χ1v) is 6.58. The van der Waals surface area contributed by atoms with Crippen molar-refractivity contribution in [2.75, 3.05) is 19.6 Å². The lowest BCUT2D eigenvalue weighted by Gasteiger charge is -2.03. The van der Waals surface area contributed by atoms with E-state index in [1.54, 1.807) is 11.3 Å². The van der Waals surface area contributed by atoms with E-state index in [1.165, 1.54) is 10.4 Å². The molecule has 1 amide bonds. The van der Waals surface area contributed by atoms with Crippen LogP contribution in [0.15, 0.2) is 6.07 Å². The first-order valence-electron chi connectivity index (χ1n) is 5.77. The number of rotatable bonds is 6. The molecule has 3 nitrogen and oxygen atoms in total. The number of nitrogens with one attached hydrogen (secondary N) is 2. The Balaban J connectivity index is 2.46. The molecule has 0 unspecified atom stereocenters. The summed E-state index contributed by atoms with van der Waals surface area (Å²) in [5, 5.41) is 6.08. The van der Waals surface area contributed by atoms with Crippen molar-refractivity contribution >= 4 is 17.2 Å². The van der Waals surface area contributed by atoms with Gasteiger partial charge in [0.25, 0.3) is 5.91 Å². The monoisotopic (exact) mass is 240 g/mol. The quantitative estimate of drug-likeness (QED) is 0.746. The van der Waals surface area contributed by atoms with E-state index in [4.69, 9.17) is 0 Å². The van der Waals surface area contributed by atoms with Crippen molar-refractivity contribution < 1.29 is 4.79 Å². The molecule has 0 bridgehead atoms. The molecule has 0 spiro atoms. The van der Waals surface area contributed by atoms with E-state index in [2.05, 4.69) is 31.4 Å². The number of amides is 1. The van der Waals surface area contributed by atoms with Gasteiger partial charge in [-0.05, 0) is 31.5 Å². The molecule has 4 heteroatoms. The third-order valence-electron chi connectivity index (χ3n) is 2.40. The molecule has 0 aliphatic carbocycles. The van der Waals surface area contributed by atoms with Crippen LogP contribution in [0, 0.1) is 6.92 Å². The van der Waals surface area contributed by atoms with Crippen molar-refractivity contribution in [3.8, 4) is 0 Å². The van der Waals surface area contributed by atoms with Crippen LogP contribution in [0.3, 0.4) is 0 Å². The Labute approximate surface area is 101 Å². The number of hydrogen-bond acceptors (Lipinski definition) is 3. The predicted molar refractivity (Wildman–Crippen MR) is 69.3 cm³/mol. The summed E-state index contributed by atoms with van der Waals surface area (Å²) in [6, 6.07) is 1.98. The summed E-state index contributed by atoms with van der Waals surface area (Å²) < 4.78 is 0. The van der Waals surface area contributed by atoms with E-state index in [-0.39, 0.29) is 5.91 Å². The average Bonchev–Trinajstić information content (AvgIpc) is 2.66. The molecular formula is C12H20N2OS. The van der Waals surface area contributed by atoms with E-state index >= 15 is 0 Å². The van der Waals surface area contributed by atoms with Crippen LogP contribution in [0.25, 0.3) is 0 Å². The van der Waals surface area contributed by atoms with E-state index in [0.29, 0.717) is 6.54 Å². The highest BCUT2D eigenvalue weighted by Crippen LogP contribution is 2.21. The summed E-state index contributed by atoms with van der Waals surface area (Å²) in [6.07, 6.45) is 1.00. The molecule has 1 heterocycles. The van der Waals surface area contributed by atoms with Gasteiger partial charge in [0.15, 0.2) is 0 Å². The minimum Gasteiger partial charge on any atom is -0.350 e. The van der Waals surface area contributed by atoms with Crippen LogP contribution in [0.2, 0.25) is 0 Å². The topological polar surface area (TPSA) is 41.1 Å². The second-order valence-electron chi connectivity index (χ2n) is 3.68. The van der Waals surface area contributed by atoms with Crippen molar-refractivity contribution in [1.82, 2.24) is 10.6 Å². The zero-order valence-electron chi connectivity index (χ0n) is 10.2. The van der Waals surface area contributed by atoms with Gasteiger partial charge in [0.1, 0.15) is 0 Å². The van der Waals surface area contributed by atoms with Crippen molar-refractivity contribution in [3.05, 3.63) is 21.4 Å². The van der Waals surface area contributed by atoms with Crippen LogP contribution < -0.4 is 10.6 Å². The molecule has 0 fully saturated rings. The largest absolute Gasteiger partial charge is 0.350 e. The van der Waals surface area contributed by atoms with Gasteiger partial charge < -0.3 is 10.6 Å². The Morgan fingerprint density at radius 1 is 1.38 bits per heavy atom. The Morgan fingerprint density at radius 2 is 2.12 bits per heavy atom. The molecule has 0 aliphatic rings. The molecule has 90 valence electrons. The fourth-order valence-corrected chi connectivity index (χ4v) is 2.54. The second kappa shape index (κ2) is 6.66. The van der Waals surface area contributed by atoms with Gasteiger partial charge >= 0.3 is 0 Å². The molecule has 0 radical (unpaired) electrons. The smallest absolute Gasteiger partial charge is 0.261 e. The first kappa shape index (κ1) is 13.2. The van der Waals surface area contributed by atoms with E-state index in [9.17, 15) is 4.79 Å². The summed E-state index contributed by atoms with van der Waals surface area (Å²) >= 11 is 1.60. The van der Waals surface area contributed by atoms with Crippen LogP contribution >= 0.6 is 11.3 Å². The van der Waals surface area contributed by atoms with Crippen molar-refractivity contribution in [2.45, 2.75) is 27.2 Å². The fourth-order valence-electron chi connectivity index (χ4n) is 1.51. The summed E-state index contributed by atoms with van der Waals surface area (Å²) in [7, 11) is 0. The lowest BCUT2D eigenvalue weighted by Crippen LogP contribution is -2.31. The standard InChI is InChI=1S/C12H20N2OS/c1-4-10-9(3)8-11(16-10)12(15)14-7-6-13-5-2/h8,13H,4-7H2,1-3H3,(H,14,15). The highest BCUT2D eigenvalue weighted by molar-refractivity contribution is 7.14. The maximum Gasteiger partial charge on any atom is 0.261 e. The molecule has 0 atom stereocenters. The number of likely N-dealkylation sites (N-methyl/N-ethyl adjacent to an activating group) is 1. The molecule has 1 aromatic rings. The molecule has 0 saturated heterocycles. The SMILES string of the molecule is CCNCCNC(=O)c1cc(C)c(CC)s1. The van der Waals surface area contributed by atoms with Gasteiger partial charge in [-0.3, -0.25) is 4.79 Å². The molecule has 0 aliphatic heterocycles. The molecule has 1 aromatic heterocycles. The molecular weight excluding hydrogens is 220 g/mol. The number of hydrogen-bond donors (Lipinski definition) is 2. The number of carbonyl (C=O) groups is 1. The second-order valence-corrected chi connectivity index (χ2v) is 4.82. The zero-order chi connectivity index (χ0) is 12.0. The summed E-state index contributed by atoms with van der Waals surface area (Å²) in [6.45, 7) is 8.68. The van der Waals surface area contributed by atoms with Crippen LogP contribution in [0.1, 0.15) is 34.0 Å². The average molecular weight is 240 g/mol. The third kappa shape index (κ3) is 3.61. The normalized spacial score (nSPS) is 10.4. The molecule has 16 heavy (non-hydrogen) atoms. The number of thiophene rings is 1. The summed E-state index contributed by atoms with van der Waals surface area (Å²) in [4.78, 5) is 13.9. The fraction of sp³-hybridized carbons (Fsp3) is 0.583. The van der Waals surface area contributed by atoms with Gasteiger partial charge in [-0.1, -0.05) is 13.8 Å². The van der Waals surface area contributed by atoms with E-state index < -0.39 is 0 Å². The van der Waals surface area contributed by atoms with Gasteiger partial charge in [-0.2, -0.15) is 0 Å². The van der Waals surface area contributed by atoms with Gasteiger partial charge in [0.2, 0.25) is 0 Å². The Bertz CT molecular complexity index is 347. The Morgan fingerprint density at radius 3 is 2.69 bits per heavy atom. The minimum absolute atomic E-state index is 0.0469. The Hall–Kier alpha value is -0.870. The molecule has 2 N–H and O–H groups in total. The number of aryl methyl sites for hydroxylation is 2. The van der Waals surface area contributed by atoms with Crippen molar-refractivity contribution in [2.24, 2.45) is 0 Å². The third-order valence-corrected chi connectivity index (χ3v) is 3.78. The van der Waals surface area contributed by atoms with Crippen LogP contribution in [0.4, 0.5) is 0 Å². The summed E-state index contributed by atoms with van der Waals surface area (Å²) in [5.74, 6) is 0.0469. The first-order chi connectivity index (χ1) is 7.69. The van der Waals surface area contributed by atoms with Crippen LogP contribution in [0.5, 0.6) is 0 Å². The van der Waals surface area contributed by atoms with Crippen LogP contribution in [-0.4, -0.2) is 25.5 Å². The lowest BCUT2D eigenvalue weighted by atomic mass is 10.2. The van der Waals surface area contributed by atoms with Crippen LogP contribution in [-0.2, 0) is 6.42 Å². The molecule has 0 aromatic carbocycles. The van der Waals surface area contributed by atoms with Gasteiger partial charge in [0.05, 0.1) is 4.88 Å². The number of carbonyl (C=O) groups excluding carboxylic acids is 1. The van der Waals surface area contributed by atoms with Crippen molar-refractivity contribution in [3.63, 3.8) is 0 Å². The van der Waals surface area contributed by atoms with Gasteiger partial charge in [-0.15, -0.1) is 11.3 Å². The zero-order valence-corrected chi connectivity index (χ0v) is 11.0. The van der Waals surface area contributed by atoms with Crippen molar-refractivity contribution in [1.29, 1.82) is 0 Å². The maximum absolute atomic E-state index is 11.8. The van der Waals surface area contributed by atoms with Gasteiger partial charge in [-0.25, -0.2) is 0 Å². The summed E-state index contributed by atoms with van der Waals surface area (Å²) in [5.41, 5.74) is 1.23. The maximum atomic E-state index is 11.8. The highest BCUT2D eigenvalue weighted by Gasteiger charge is 2.10. The lowest BCUT2D eigenvalue weighted by molar-refractivity contribution is 0.0958. The van der Waals surface area contributed by atoms with E-state index in [1.807, 2.05) is 6.07 Å². The predicted octanol–water partition coefficient (Wildman–Crippen LogP) is 1.96. The molecule has 0 saturated carbocycles. The minimum atomic E-state index is 0.0469.